The fourth-order valence-corrected chi connectivity index (χ4v) is 3.99. The van der Waals surface area contributed by atoms with Gasteiger partial charge in [0.1, 0.15) is 13.7 Å². The minimum absolute atomic E-state index is 0.0377. The van der Waals surface area contributed by atoms with E-state index in [1.165, 1.54) is 14.2 Å². The number of amides is 1. The number of carbonyl (C=O) groups is 1. The second-order valence-electron chi connectivity index (χ2n) is 6.88. The fourth-order valence-electron chi connectivity index (χ4n) is 3.09. The van der Waals surface area contributed by atoms with Crippen LogP contribution in [-0.4, -0.2) is 38.5 Å². The number of nitrogens with zero attached hydrogens (tertiary/aromatic N) is 2. The molecule has 7 nitrogen and oxygen atoms in total. The van der Waals surface area contributed by atoms with Gasteiger partial charge >= 0.3 is 6.18 Å². The maximum absolute atomic E-state index is 13.3. The molecule has 0 bridgehead atoms. The Hall–Kier alpha value is -2.83. The molecule has 0 aromatic heterocycles. The van der Waals surface area contributed by atoms with Gasteiger partial charge in [0.2, 0.25) is 0 Å². The van der Waals surface area contributed by atoms with Gasteiger partial charge in [0, 0.05) is 34.4 Å². The molecule has 2 aromatic rings. The van der Waals surface area contributed by atoms with Gasteiger partial charge in [-0.3, -0.25) is 4.79 Å². The topological polar surface area (TPSA) is 84.3 Å². The van der Waals surface area contributed by atoms with Gasteiger partial charge < -0.3 is 20.3 Å². The summed E-state index contributed by atoms with van der Waals surface area (Å²) < 4.78 is 40.3. The van der Waals surface area contributed by atoms with Crippen molar-refractivity contribution < 1.29 is 27.6 Å². The molecule has 0 heterocycles. The molecule has 2 rings (SSSR count). The molecular weight excluding hydrogens is 552 g/mol. The summed E-state index contributed by atoms with van der Waals surface area (Å²) in [6.45, 7) is 3.36. The van der Waals surface area contributed by atoms with Crippen LogP contribution in [0.4, 0.5) is 18.9 Å². The van der Waals surface area contributed by atoms with Crippen molar-refractivity contribution in [3.8, 4) is 0 Å². The van der Waals surface area contributed by atoms with Crippen LogP contribution < -0.4 is 10.6 Å². The lowest BCUT2D eigenvalue weighted by Gasteiger charge is -2.16. The monoisotopic (exact) mass is 576 g/mol. The highest BCUT2D eigenvalue weighted by Crippen LogP contribution is 2.35. The number of alkyl halides is 3. The van der Waals surface area contributed by atoms with Crippen LogP contribution in [-0.2, 0) is 27.3 Å². The number of aryl methyl sites for hydroxylation is 1. The molecular formula is C22H24F3IN4O3. The SMILES string of the molecule is CNC(=O)/C(=N/OC)c1cccc(C)c1CO/N=C(\C)c1cc(C(F)(F)F)cc(I)c1NC. The van der Waals surface area contributed by atoms with Crippen molar-refractivity contribution in [2.45, 2.75) is 26.6 Å². The van der Waals surface area contributed by atoms with Crippen LogP contribution in [0.1, 0.15) is 34.7 Å². The first kappa shape index (κ1) is 26.4. The third kappa shape index (κ3) is 6.36. The minimum Gasteiger partial charge on any atom is -0.398 e. The van der Waals surface area contributed by atoms with Gasteiger partial charge in [0.25, 0.3) is 5.91 Å². The Balaban J connectivity index is 2.41. The number of benzene rings is 2. The summed E-state index contributed by atoms with van der Waals surface area (Å²) >= 11 is 1.84. The molecule has 0 fully saturated rings. The van der Waals surface area contributed by atoms with Crippen LogP contribution in [0.15, 0.2) is 40.6 Å². The van der Waals surface area contributed by atoms with E-state index in [0.29, 0.717) is 20.4 Å². The number of carbonyl (C=O) groups excluding carboxylic acids is 1. The van der Waals surface area contributed by atoms with Crippen molar-refractivity contribution in [2.24, 2.45) is 10.3 Å². The Labute approximate surface area is 203 Å². The molecule has 2 aromatic carbocycles. The van der Waals surface area contributed by atoms with Crippen molar-refractivity contribution in [1.82, 2.24) is 5.32 Å². The van der Waals surface area contributed by atoms with E-state index in [1.54, 1.807) is 26.1 Å². The highest BCUT2D eigenvalue weighted by Gasteiger charge is 2.32. The van der Waals surface area contributed by atoms with E-state index >= 15 is 0 Å². The summed E-state index contributed by atoms with van der Waals surface area (Å²) in [5.41, 5.74) is 2.28. The van der Waals surface area contributed by atoms with Crippen molar-refractivity contribution in [2.75, 3.05) is 26.5 Å². The maximum Gasteiger partial charge on any atom is 0.416 e. The molecule has 0 saturated heterocycles. The first-order valence-electron chi connectivity index (χ1n) is 9.72. The molecule has 0 aliphatic carbocycles. The normalized spacial score (nSPS) is 12.4. The predicted octanol–water partition coefficient (Wildman–Crippen LogP) is 4.70. The molecule has 2 N–H and O–H groups in total. The van der Waals surface area contributed by atoms with Gasteiger partial charge in [-0.25, -0.2) is 0 Å². The van der Waals surface area contributed by atoms with Gasteiger partial charge in [-0.05, 0) is 54.1 Å². The van der Waals surface area contributed by atoms with Crippen molar-refractivity contribution in [3.05, 3.63) is 61.7 Å². The van der Waals surface area contributed by atoms with Gasteiger partial charge in [0.05, 0.1) is 17.0 Å². The molecule has 0 aliphatic heterocycles. The average Bonchev–Trinajstić information content (AvgIpc) is 2.76. The molecule has 0 atom stereocenters. The zero-order valence-corrected chi connectivity index (χ0v) is 20.9. The van der Waals surface area contributed by atoms with Crippen LogP contribution in [0.2, 0.25) is 0 Å². The Bertz CT molecular complexity index is 1090. The third-order valence-corrected chi connectivity index (χ3v) is 5.61. The molecule has 0 aliphatic rings. The number of nitrogens with one attached hydrogen (secondary N) is 2. The predicted molar refractivity (Wildman–Crippen MR) is 129 cm³/mol. The molecule has 178 valence electrons. The highest BCUT2D eigenvalue weighted by molar-refractivity contribution is 14.1. The van der Waals surface area contributed by atoms with Crippen LogP contribution in [0, 0.1) is 10.5 Å². The summed E-state index contributed by atoms with van der Waals surface area (Å²) in [5, 5.41) is 13.3. The number of oxime groups is 2. The Morgan fingerprint density at radius 3 is 2.42 bits per heavy atom. The first-order valence-corrected chi connectivity index (χ1v) is 10.8. The molecule has 33 heavy (non-hydrogen) atoms. The number of hydrogen-bond acceptors (Lipinski definition) is 6. The lowest BCUT2D eigenvalue weighted by molar-refractivity contribution is -0.137. The summed E-state index contributed by atoms with van der Waals surface area (Å²) in [4.78, 5) is 22.6. The molecule has 0 spiro atoms. The minimum atomic E-state index is -4.49. The van der Waals surface area contributed by atoms with E-state index in [1.807, 2.05) is 35.6 Å². The van der Waals surface area contributed by atoms with E-state index in [9.17, 15) is 18.0 Å². The molecule has 0 unspecified atom stereocenters. The maximum atomic E-state index is 13.3. The van der Waals surface area contributed by atoms with E-state index in [4.69, 9.17) is 9.68 Å². The quantitative estimate of drug-likeness (QED) is 0.271. The van der Waals surface area contributed by atoms with E-state index in [-0.39, 0.29) is 23.6 Å². The van der Waals surface area contributed by atoms with E-state index in [2.05, 4.69) is 20.9 Å². The number of hydrogen-bond donors (Lipinski definition) is 2. The second kappa shape index (κ2) is 11.3. The Morgan fingerprint density at radius 1 is 1.15 bits per heavy atom. The van der Waals surface area contributed by atoms with Gasteiger partial charge in [0.15, 0.2) is 5.71 Å². The smallest absolute Gasteiger partial charge is 0.398 e. The largest absolute Gasteiger partial charge is 0.416 e. The van der Waals surface area contributed by atoms with Crippen molar-refractivity contribution in [3.63, 3.8) is 0 Å². The summed E-state index contributed by atoms with van der Waals surface area (Å²) in [6, 6.07) is 7.40. The van der Waals surface area contributed by atoms with Gasteiger partial charge in [-0.2, -0.15) is 13.2 Å². The number of halogens is 4. The fraction of sp³-hybridized carbons (Fsp3) is 0.318. The van der Waals surface area contributed by atoms with Crippen molar-refractivity contribution >= 4 is 45.6 Å². The van der Waals surface area contributed by atoms with Gasteiger partial charge in [-0.1, -0.05) is 28.5 Å². The van der Waals surface area contributed by atoms with Crippen LogP contribution >= 0.6 is 22.6 Å². The second-order valence-corrected chi connectivity index (χ2v) is 8.04. The standard InChI is InChI=1S/C22H24F3IN4O3/c1-12-7-6-8-15(20(30-32-5)21(31)28-4)17(12)11-33-29-13(2)16-9-14(22(23,24)25)10-18(26)19(16)27-3/h6-10,27H,11H2,1-5H3,(H,28,31)/b29-13+,30-20+. The molecule has 11 heteroatoms. The Kier molecular flexibility index (Phi) is 9.08. The number of likely N-dealkylation sites (N-methyl/N-ethyl adjacent to an activating group) is 1. The first-order chi connectivity index (χ1) is 15.5. The van der Waals surface area contributed by atoms with Crippen LogP contribution in [0.3, 0.4) is 0 Å². The summed E-state index contributed by atoms with van der Waals surface area (Å²) in [7, 11) is 4.43. The van der Waals surface area contributed by atoms with Gasteiger partial charge in [-0.15, -0.1) is 0 Å². The van der Waals surface area contributed by atoms with E-state index in [0.717, 1.165) is 17.7 Å². The lowest BCUT2D eigenvalue weighted by Crippen LogP contribution is -2.29. The average molecular weight is 576 g/mol. The molecule has 0 radical (unpaired) electrons. The molecule has 0 saturated carbocycles. The number of anilines is 1. The Morgan fingerprint density at radius 2 is 1.85 bits per heavy atom. The summed E-state index contributed by atoms with van der Waals surface area (Å²) in [5.74, 6) is -0.444. The van der Waals surface area contributed by atoms with Crippen LogP contribution in [0.25, 0.3) is 0 Å². The molecule has 1 amide bonds. The zero-order chi connectivity index (χ0) is 24.8. The van der Waals surface area contributed by atoms with Crippen LogP contribution in [0.5, 0.6) is 0 Å². The lowest BCUT2D eigenvalue weighted by atomic mass is 9.98. The van der Waals surface area contributed by atoms with E-state index < -0.39 is 17.6 Å². The zero-order valence-electron chi connectivity index (χ0n) is 18.7. The number of rotatable bonds is 8. The third-order valence-electron chi connectivity index (χ3n) is 4.76. The van der Waals surface area contributed by atoms with Crippen molar-refractivity contribution in [1.29, 1.82) is 0 Å². The highest BCUT2D eigenvalue weighted by atomic mass is 127. The summed E-state index contributed by atoms with van der Waals surface area (Å²) in [6.07, 6.45) is -4.49.